The van der Waals surface area contributed by atoms with E-state index in [1.54, 1.807) is 11.8 Å². The van der Waals surface area contributed by atoms with E-state index >= 15 is 0 Å². The van der Waals surface area contributed by atoms with Gasteiger partial charge in [0.2, 0.25) is 5.91 Å². The van der Waals surface area contributed by atoms with Gasteiger partial charge in [-0.3, -0.25) is 4.79 Å². The Hall–Kier alpha value is 0.0300. The third-order valence-corrected chi connectivity index (χ3v) is 5.50. The number of likely N-dealkylation sites (tertiary alicyclic amines) is 1. The van der Waals surface area contributed by atoms with Gasteiger partial charge in [-0.05, 0) is 44.9 Å². The SMILES string of the molecule is CC(N)C1CCN(C(=O)CSCC2CCCCO2)CC1.Cl. The van der Waals surface area contributed by atoms with Crippen LogP contribution in [0.1, 0.15) is 39.0 Å². The van der Waals surface area contributed by atoms with Crippen molar-refractivity contribution < 1.29 is 9.53 Å². The molecule has 2 saturated heterocycles. The van der Waals surface area contributed by atoms with Crippen molar-refractivity contribution in [1.82, 2.24) is 4.90 Å². The lowest BCUT2D eigenvalue weighted by Crippen LogP contribution is -2.43. The molecule has 0 aromatic carbocycles. The minimum absolute atomic E-state index is 0. The van der Waals surface area contributed by atoms with Crippen molar-refractivity contribution in [3.8, 4) is 0 Å². The van der Waals surface area contributed by atoms with Crippen LogP contribution in [0.3, 0.4) is 0 Å². The smallest absolute Gasteiger partial charge is 0.232 e. The summed E-state index contributed by atoms with van der Waals surface area (Å²) in [7, 11) is 0. The standard InChI is InChI=1S/C15H28N2O2S.ClH/c1-12(16)13-5-7-17(8-6-13)15(18)11-20-10-14-4-2-3-9-19-14;/h12-14H,2-11,16H2,1H3;1H. The Morgan fingerprint density at radius 3 is 2.62 bits per heavy atom. The van der Waals surface area contributed by atoms with E-state index in [4.69, 9.17) is 10.5 Å². The summed E-state index contributed by atoms with van der Waals surface area (Å²) in [6, 6.07) is 0.255. The van der Waals surface area contributed by atoms with E-state index in [2.05, 4.69) is 6.92 Å². The maximum absolute atomic E-state index is 12.1. The minimum Gasteiger partial charge on any atom is -0.377 e. The molecule has 2 N–H and O–H groups in total. The van der Waals surface area contributed by atoms with Crippen molar-refractivity contribution >= 4 is 30.1 Å². The number of carbonyl (C=O) groups excluding carboxylic acids is 1. The molecule has 2 rings (SSSR count). The average molecular weight is 337 g/mol. The van der Waals surface area contributed by atoms with Crippen molar-refractivity contribution in [1.29, 1.82) is 0 Å². The molecule has 2 atom stereocenters. The lowest BCUT2D eigenvalue weighted by atomic mass is 9.91. The molecule has 124 valence electrons. The van der Waals surface area contributed by atoms with Crippen LogP contribution >= 0.6 is 24.2 Å². The van der Waals surface area contributed by atoms with E-state index < -0.39 is 0 Å². The first-order valence-electron chi connectivity index (χ1n) is 7.89. The Kier molecular flexibility index (Phi) is 9.02. The number of hydrogen-bond donors (Lipinski definition) is 1. The molecular formula is C15H29ClN2O2S. The van der Waals surface area contributed by atoms with E-state index in [0.29, 0.717) is 17.8 Å². The Bertz CT molecular complexity index is 304. The summed E-state index contributed by atoms with van der Waals surface area (Å²) in [5.41, 5.74) is 5.93. The Morgan fingerprint density at radius 1 is 1.33 bits per heavy atom. The molecule has 0 spiro atoms. The van der Waals surface area contributed by atoms with Gasteiger partial charge in [-0.15, -0.1) is 24.2 Å². The molecule has 0 radical (unpaired) electrons. The number of ether oxygens (including phenoxy) is 1. The van der Waals surface area contributed by atoms with Crippen molar-refractivity contribution in [2.45, 2.75) is 51.2 Å². The fourth-order valence-corrected chi connectivity index (χ4v) is 3.98. The van der Waals surface area contributed by atoms with Gasteiger partial charge in [0.25, 0.3) is 0 Å². The maximum atomic E-state index is 12.1. The molecule has 2 aliphatic rings. The third kappa shape index (κ3) is 6.35. The molecule has 0 aromatic rings. The molecule has 2 aliphatic heterocycles. The molecule has 2 unspecified atom stereocenters. The first-order valence-corrected chi connectivity index (χ1v) is 9.05. The lowest BCUT2D eigenvalue weighted by Gasteiger charge is -2.33. The molecule has 1 amide bonds. The van der Waals surface area contributed by atoms with Gasteiger partial charge < -0.3 is 15.4 Å². The van der Waals surface area contributed by atoms with Crippen LogP contribution in [0.2, 0.25) is 0 Å². The summed E-state index contributed by atoms with van der Waals surface area (Å²) < 4.78 is 5.69. The predicted octanol–water partition coefficient (Wildman–Crippen LogP) is 2.30. The maximum Gasteiger partial charge on any atom is 0.232 e. The largest absolute Gasteiger partial charge is 0.377 e. The number of nitrogens with zero attached hydrogens (tertiary/aromatic N) is 1. The van der Waals surface area contributed by atoms with E-state index in [1.165, 1.54) is 12.8 Å². The lowest BCUT2D eigenvalue weighted by molar-refractivity contribution is -0.129. The second-order valence-corrected chi connectivity index (χ2v) is 7.11. The predicted molar refractivity (Wildman–Crippen MR) is 91.1 cm³/mol. The molecule has 21 heavy (non-hydrogen) atoms. The van der Waals surface area contributed by atoms with E-state index in [-0.39, 0.29) is 24.4 Å². The molecule has 4 nitrogen and oxygen atoms in total. The zero-order chi connectivity index (χ0) is 14.4. The highest BCUT2D eigenvalue weighted by molar-refractivity contribution is 7.99. The summed E-state index contributed by atoms with van der Waals surface area (Å²) >= 11 is 1.73. The van der Waals surface area contributed by atoms with Gasteiger partial charge in [-0.1, -0.05) is 0 Å². The van der Waals surface area contributed by atoms with Crippen LogP contribution in [-0.4, -0.2) is 54.2 Å². The second kappa shape index (κ2) is 9.93. The molecule has 0 saturated carbocycles. The van der Waals surface area contributed by atoms with Gasteiger partial charge in [0.1, 0.15) is 0 Å². The molecule has 0 aliphatic carbocycles. The number of halogens is 1. The number of rotatable bonds is 5. The van der Waals surface area contributed by atoms with Gasteiger partial charge in [0, 0.05) is 31.5 Å². The monoisotopic (exact) mass is 336 g/mol. The fraction of sp³-hybridized carbons (Fsp3) is 0.933. The van der Waals surface area contributed by atoms with Crippen molar-refractivity contribution in [3.63, 3.8) is 0 Å². The van der Waals surface area contributed by atoms with E-state index in [0.717, 1.165) is 44.7 Å². The first kappa shape index (κ1) is 19.1. The topological polar surface area (TPSA) is 55.6 Å². The summed E-state index contributed by atoms with van der Waals surface area (Å²) in [6.07, 6.45) is 6.09. The van der Waals surface area contributed by atoms with Crippen LogP contribution in [0.15, 0.2) is 0 Å². The van der Waals surface area contributed by atoms with Crippen LogP contribution in [-0.2, 0) is 9.53 Å². The molecule has 0 bridgehead atoms. The highest BCUT2D eigenvalue weighted by atomic mass is 35.5. The molecule has 2 heterocycles. The van der Waals surface area contributed by atoms with Gasteiger partial charge in [-0.2, -0.15) is 0 Å². The van der Waals surface area contributed by atoms with Gasteiger partial charge in [0.15, 0.2) is 0 Å². The van der Waals surface area contributed by atoms with Gasteiger partial charge >= 0.3 is 0 Å². The number of piperidine rings is 1. The van der Waals surface area contributed by atoms with Crippen molar-refractivity contribution in [2.75, 3.05) is 31.2 Å². The molecular weight excluding hydrogens is 308 g/mol. The first-order chi connectivity index (χ1) is 9.66. The van der Waals surface area contributed by atoms with Crippen molar-refractivity contribution in [3.05, 3.63) is 0 Å². The number of thioether (sulfide) groups is 1. The quantitative estimate of drug-likeness (QED) is 0.837. The highest BCUT2D eigenvalue weighted by Crippen LogP contribution is 2.21. The number of hydrogen-bond acceptors (Lipinski definition) is 4. The average Bonchev–Trinajstić information content (AvgIpc) is 2.48. The van der Waals surface area contributed by atoms with Crippen LogP contribution in [0.5, 0.6) is 0 Å². The number of nitrogens with two attached hydrogens (primary N) is 1. The fourth-order valence-electron chi connectivity index (χ4n) is 2.98. The molecule has 2 fully saturated rings. The van der Waals surface area contributed by atoms with Crippen LogP contribution < -0.4 is 5.73 Å². The van der Waals surface area contributed by atoms with Crippen LogP contribution in [0.4, 0.5) is 0 Å². The zero-order valence-corrected chi connectivity index (χ0v) is 14.6. The highest BCUT2D eigenvalue weighted by Gasteiger charge is 2.24. The Balaban J connectivity index is 0.00000220. The molecule has 6 heteroatoms. The summed E-state index contributed by atoms with van der Waals surface area (Å²) in [5, 5.41) is 0. The number of amides is 1. The second-order valence-electron chi connectivity index (χ2n) is 6.08. The minimum atomic E-state index is 0. The summed E-state index contributed by atoms with van der Waals surface area (Å²) in [5.74, 6) is 2.43. The van der Waals surface area contributed by atoms with E-state index in [9.17, 15) is 4.79 Å². The van der Waals surface area contributed by atoms with Crippen molar-refractivity contribution in [2.24, 2.45) is 11.7 Å². The molecule has 0 aromatic heterocycles. The number of carbonyl (C=O) groups is 1. The zero-order valence-electron chi connectivity index (χ0n) is 13.0. The van der Waals surface area contributed by atoms with Gasteiger partial charge in [0.05, 0.1) is 11.9 Å². The Morgan fingerprint density at radius 2 is 2.05 bits per heavy atom. The third-order valence-electron chi connectivity index (χ3n) is 4.44. The van der Waals surface area contributed by atoms with Crippen LogP contribution in [0.25, 0.3) is 0 Å². The van der Waals surface area contributed by atoms with E-state index in [1.807, 2.05) is 4.90 Å². The summed E-state index contributed by atoms with van der Waals surface area (Å²) in [6.45, 7) is 4.73. The van der Waals surface area contributed by atoms with Crippen LogP contribution in [0, 0.1) is 5.92 Å². The Labute approximate surface area is 138 Å². The summed E-state index contributed by atoms with van der Waals surface area (Å²) in [4.78, 5) is 14.2. The van der Waals surface area contributed by atoms with Gasteiger partial charge in [-0.25, -0.2) is 0 Å². The normalized spacial score (nSPS) is 25.2.